The molecule has 3 nitrogen and oxygen atoms in total. The summed E-state index contributed by atoms with van der Waals surface area (Å²) in [4.78, 5) is 2.81. The minimum absolute atomic E-state index is 0.661. The number of rotatable bonds is 4. The quantitative estimate of drug-likeness (QED) is 0.861. The molecule has 3 fully saturated rings. The summed E-state index contributed by atoms with van der Waals surface area (Å²) in [5.41, 5.74) is 0. The van der Waals surface area contributed by atoms with Gasteiger partial charge in [0.05, 0.1) is 0 Å². The summed E-state index contributed by atoms with van der Waals surface area (Å²) in [5.74, 6) is 1.74. The van der Waals surface area contributed by atoms with Crippen molar-refractivity contribution in [3.8, 4) is 0 Å². The lowest BCUT2D eigenvalue weighted by Gasteiger charge is -2.43. The molecule has 0 radical (unpaired) electrons. The van der Waals surface area contributed by atoms with E-state index in [1.54, 1.807) is 0 Å². The van der Waals surface area contributed by atoms with Crippen LogP contribution in [-0.4, -0.2) is 49.3 Å². The smallest absolute Gasteiger partial charge is 0.0469 e. The van der Waals surface area contributed by atoms with Gasteiger partial charge in [-0.15, -0.1) is 0 Å². The third-order valence-corrected chi connectivity index (χ3v) is 6.54. The van der Waals surface area contributed by atoms with Gasteiger partial charge in [0, 0.05) is 31.3 Å². The fourth-order valence-electron chi connectivity index (χ4n) is 4.96. The molecule has 0 aromatic heterocycles. The van der Waals surface area contributed by atoms with Crippen LogP contribution in [-0.2, 0) is 4.74 Å². The van der Waals surface area contributed by atoms with Gasteiger partial charge in [-0.25, -0.2) is 0 Å². The molecule has 0 amide bonds. The third kappa shape index (κ3) is 4.24. The normalized spacial score (nSPS) is 34.6. The van der Waals surface area contributed by atoms with Gasteiger partial charge in [-0.05, 0) is 70.4 Å². The lowest BCUT2D eigenvalue weighted by molar-refractivity contribution is 0.0483. The summed E-state index contributed by atoms with van der Waals surface area (Å²) in [6, 6.07) is 2.28. The van der Waals surface area contributed by atoms with E-state index in [-0.39, 0.29) is 0 Å². The van der Waals surface area contributed by atoms with Crippen LogP contribution in [0, 0.1) is 11.8 Å². The van der Waals surface area contributed by atoms with Crippen molar-refractivity contribution in [1.29, 1.82) is 0 Å². The highest BCUT2D eigenvalue weighted by Gasteiger charge is 2.31. The van der Waals surface area contributed by atoms with Crippen LogP contribution in [0.3, 0.4) is 0 Å². The summed E-state index contributed by atoms with van der Waals surface area (Å²) in [7, 11) is 0. The number of nitrogens with one attached hydrogen (secondary N) is 1. The molecule has 2 heterocycles. The summed E-state index contributed by atoms with van der Waals surface area (Å²) in [5, 5.41) is 3.94. The van der Waals surface area contributed by atoms with Crippen LogP contribution >= 0.6 is 0 Å². The van der Waals surface area contributed by atoms with Gasteiger partial charge < -0.3 is 15.0 Å². The zero-order chi connectivity index (χ0) is 15.4. The molecule has 3 rings (SSSR count). The average molecular weight is 309 g/mol. The van der Waals surface area contributed by atoms with Gasteiger partial charge in [0.1, 0.15) is 0 Å². The molecule has 0 aromatic rings. The lowest BCUT2D eigenvalue weighted by Crippen LogP contribution is -2.51. The molecule has 0 spiro atoms. The molecule has 22 heavy (non-hydrogen) atoms. The molecular weight excluding hydrogens is 272 g/mol. The molecule has 1 N–H and O–H groups in total. The van der Waals surface area contributed by atoms with Crippen LogP contribution in [0.4, 0.5) is 0 Å². The molecular formula is C19H36N2O. The molecule has 0 aromatic carbocycles. The van der Waals surface area contributed by atoms with Crippen molar-refractivity contribution >= 4 is 0 Å². The van der Waals surface area contributed by atoms with Crippen LogP contribution in [0.25, 0.3) is 0 Å². The first kappa shape index (κ1) is 16.7. The number of likely N-dealkylation sites (tertiary alicyclic amines) is 1. The number of piperidine rings is 1. The van der Waals surface area contributed by atoms with Gasteiger partial charge in [-0.2, -0.15) is 0 Å². The third-order valence-electron chi connectivity index (χ3n) is 6.54. The van der Waals surface area contributed by atoms with Gasteiger partial charge in [-0.3, -0.25) is 0 Å². The van der Waals surface area contributed by atoms with E-state index in [9.17, 15) is 0 Å². The predicted octanol–water partition coefficient (Wildman–Crippen LogP) is 3.43. The first-order valence-electron chi connectivity index (χ1n) is 9.82. The molecule has 0 bridgehead atoms. The van der Waals surface area contributed by atoms with E-state index >= 15 is 0 Å². The zero-order valence-electron chi connectivity index (χ0n) is 14.7. The topological polar surface area (TPSA) is 24.5 Å². The fraction of sp³-hybridized carbons (Fsp3) is 1.00. The largest absolute Gasteiger partial charge is 0.381 e. The lowest BCUT2D eigenvalue weighted by atomic mass is 9.83. The highest BCUT2D eigenvalue weighted by molar-refractivity contribution is 4.88. The van der Waals surface area contributed by atoms with E-state index in [1.165, 1.54) is 64.5 Å². The van der Waals surface area contributed by atoms with Crippen LogP contribution < -0.4 is 5.32 Å². The van der Waals surface area contributed by atoms with Gasteiger partial charge in [-0.1, -0.05) is 19.8 Å². The minimum atomic E-state index is 0.661. The van der Waals surface area contributed by atoms with E-state index in [1.807, 2.05) is 0 Å². The molecule has 3 atom stereocenters. The second-order valence-electron chi connectivity index (χ2n) is 8.04. The molecule has 1 aliphatic carbocycles. The summed E-state index contributed by atoms with van der Waals surface area (Å²) < 4.78 is 5.50. The van der Waals surface area contributed by atoms with Crippen molar-refractivity contribution in [2.45, 2.75) is 83.3 Å². The van der Waals surface area contributed by atoms with E-state index in [4.69, 9.17) is 4.74 Å². The molecule has 3 heteroatoms. The average Bonchev–Trinajstić information content (AvgIpc) is 2.57. The van der Waals surface area contributed by atoms with Crippen LogP contribution in [0.1, 0.15) is 65.2 Å². The number of hydrogen-bond acceptors (Lipinski definition) is 3. The Kier molecular flexibility index (Phi) is 6.17. The maximum Gasteiger partial charge on any atom is 0.0469 e. The molecule has 3 aliphatic rings. The molecule has 2 saturated heterocycles. The van der Waals surface area contributed by atoms with Crippen LogP contribution in [0.5, 0.6) is 0 Å². The SMILES string of the molecule is C[C@H](NC1CCN([C@@H]2CCCC[C@H]2C)CC1)C1CCOCC1. The Morgan fingerprint density at radius 3 is 2.32 bits per heavy atom. The van der Waals surface area contributed by atoms with E-state index < -0.39 is 0 Å². The van der Waals surface area contributed by atoms with Gasteiger partial charge >= 0.3 is 0 Å². The Labute approximate surface area is 137 Å². The zero-order valence-corrected chi connectivity index (χ0v) is 14.7. The Morgan fingerprint density at radius 1 is 0.955 bits per heavy atom. The van der Waals surface area contributed by atoms with E-state index in [0.717, 1.165) is 37.1 Å². The number of hydrogen-bond donors (Lipinski definition) is 1. The van der Waals surface area contributed by atoms with Crippen molar-refractivity contribution in [2.24, 2.45) is 11.8 Å². The summed E-state index contributed by atoms with van der Waals surface area (Å²) in [6.45, 7) is 9.43. The highest BCUT2D eigenvalue weighted by atomic mass is 16.5. The Morgan fingerprint density at radius 2 is 1.64 bits per heavy atom. The maximum atomic E-state index is 5.50. The second-order valence-corrected chi connectivity index (χ2v) is 8.04. The van der Waals surface area contributed by atoms with Crippen molar-refractivity contribution in [1.82, 2.24) is 10.2 Å². The summed E-state index contributed by atoms with van der Waals surface area (Å²) >= 11 is 0. The Hall–Kier alpha value is -0.120. The Bertz CT molecular complexity index is 321. The number of ether oxygens (including phenoxy) is 1. The molecule has 128 valence electrons. The van der Waals surface area contributed by atoms with Crippen LogP contribution in [0.15, 0.2) is 0 Å². The van der Waals surface area contributed by atoms with E-state index in [0.29, 0.717) is 6.04 Å². The van der Waals surface area contributed by atoms with Crippen molar-refractivity contribution in [2.75, 3.05) is 26.3 Å². The van der Waals surface area contributed by atoms with Gasteiger partial charge in [0.25, 0.3) is 0 Å². The molecule has 2 aliphatic heterocycles. The van der Waals surface area contributed by atoms with Crippen LogP contribution in [0.2, 0.25) is 0 Å². The van der Waals surface area contributed by atoms with Crippen molar-refractivity contribution < 1.29 is 4.74 Å². The fourth-order valence-corrected chi connectivity index (χ4v) is 4.96. The van der Waals surface area contributed by atoms with Crippen molar-refractivity contribution in [3.63, 3.8) is 0 Å². The van der Waals surface area contributed by atoms with E-state index in [2.05, 4.69) is 24.1 Å². The Balaban J connectivity index is 1.41. The first-order valence-corrected chi connectivity index (χ1v) is 9.82. The molecule has 1 saturated carbocycles. The highest BCUT2D eigenvalue weighted by Crippen LogP contribution is 2.30. The standard InChI is InChI=1S/C19H36N2O/c1-15-5-3-4-6-19(15)21-11-7-18(8-12-21)20-16(2)17-9-13-22-14-10-17/h15-20H,3-14H2,1-2H3/t15-,16+,19-/m1/s1. The maximum absolute atomic E-state index is 5.50. The first-order chi connectivity index (χ1) is 10.7. The second kappa shape index (κ2) is 8.12. The number of nitrogens with zero attached hydrogens (tertiary/aromatic N) is 1. The van der Waals surface area contributed by atoms with Gasteiger partial charge in [0.15, 0.2) is 0 Å². The predicted molar refractivity (Wildman–Crippen MR) is 92.2 cm³/mol. The molecule has 0 unspecified atom stereocenters. The monoisotopic (exact) mass is 308 g/mol. The summed E-state index contributed by atoms with van der Waals surface area (Å²) in [6.07, 6.45) is 11.0. The minimum Gasteiger partial charge on any atom is -0.381 e. The van der Waals surface area contributed by atoms with Crippen molar-refractivity contribution in [3.05, 3.63) is 0 Å². The van der Waals surface area contributed by atoms with Gasteiger partial charge in [0.2, 0.25) is 0 Å².